The number of carboxylic acids is 1. The van der Waals surface area contributed by atoms with Gasteiger partial charge in [-0.1, -0.05) is 0 Å². The van der Waals surface area contributed by atoms with Crippen LogP contribution in [-0.2, 0) is 4.79 Å². The SMILES string of the molecule is Cc1cc(NC(C)(C(=O)O)C(F)(F)F)ncc1[N+](=O)[O-]. The average molecular weight is 293 g/mol. The van der Waals surface area contributed by atoms with Gasteiger partial charge in [0.1, 0.15) is 12.0 Å². The molecule has 0 spiro atoms. The maximum Gasteiger partial charge on any atom is 0.422 e. The second-order valence-corrected chi connectivity index (χ2v) is 4.17. The minimum atomic E-state index is -5.07. The van der Waals surface area contributed by atoms with Crippen molar-refractivity contribution in [1.82, 2.24) is 4.98 Å². The number of aromatic nitrogens is 1. The van der Waals surface area contributed by atoms with Crippen molar-refractivity contribution in [2.45, 2.75) is 25.6 Å². The van der Waals surface area contributed by atoms with Gasteiger partial charge in [-0.3, -0.25) is 10.1 Å². The van der Waals surface area contributed by atoms with Gasteiger partial charge in [0.05, 0.1) is 4.92 Å². The van der Waals surface area contributed by atoms with Crippen LogP contribution in [0, 0.1) is 17.0 Å². The molecule has 0 amide bonds. The van der Waals surface area contributed by atoms with Crippen LogP contribution < -0.4 is 5.32 Å². The number of nitrogens with one attached hydrogen (secondary N) is 1. The highest BCUT2D eigenvalue weighted by atomic mass is 19.4. The Bertz CT molecular complexity index is 561. The van der Waals surface area contributed by atoms with Gasteiger partial charge in [-0.05, 0) is 19.9 Å². The number of hydrogen-bond acceptors (Lipinski definition) is 5. The smallest absolute Gasteiger partial charge is 0.422 e. The number of aryl methyl sites for hydroxylation is 1. The summed E-state index contributed by atoms with van der Waals surface area (Å²) in [6.07, 6.45) is -4.31. The van der Waals surface area contributed by atoms with Gasteiger partial charge in [-0.25, -0.2) is 9.78 Å². The van der Waals surface area contributed by atoms with Crippen molar-refractivity contribution in [2.24, 2.45) is 0 Å². The first-order valence-corrected chi connectivity index (χ1v) is 5.18. The van der Waals surface area contributed by atoms with E-state index >= 15 is 0 Å². The number of nitrogens with zero attached hydrogens (tertiary/aromatic N) is 2. The second-order valence-electron chi connectivity index (χ2n) is 4.17. The van der Waals surface area contributed by atoms with Gasteiger partial charge in [0.2, 0.25) is 5.54 Å². The third-order valence-electron chi connectivity index (χ3n) is 2.65. The standard InChI is InChI=1S/C10H10F3N3O4/c1-5-3-7(14-4-6(5)16(19)20)15-9(2,8(17)18)10(11,12)13/h3-4H,1-2H3,(H,14,15)(H,17,18). The van der Waals surface area contributed by atoms with Gasteiger partial charge in [0.15, 0.2) is 0 Å². The molecule has 1 aromatic heterocycles. The van der Waals surface area contributed by atoms with Gasteiger partial charge in [-0.2, -0.15) is 13.2 Å². The molecular formula is C10H10F3N3O4. The second kappa shape index (κ2) is 4.94. The molecule has 0 aliphatic heterocycles. The molecule has 20 heavy (non-hydrogen) atoms. The molecule has 110 valence electrons. The van der Waals surface area contributed by atoms with Gasteiger partial charge in [-0.15, -0.1) is 0 Å². The number of anilines is 1. The predicted molar refractivity (Wildman–Crippen MR) is 61.3 cm³/mol. The summed E-state index contributed by atoms with van der Waals surface area (Å²) in [5.41, 5.74) is -3.57. The first-order chi connectivity index (χ1) is 8.99. The molecule has 1 unspecified atom stereocenters. The van der Waals surface area contributed by atoms with E-state index in [1.165, 1.54) is 6.92 Å². The monoisotopic (exact) mass is 293 g/mol. The Labute approximate surface area is 110 Å². The van der Waals surface area contributed by atoms with Gasteiger partial charge >= 0.3 is 12.1 Å². The quantitative estimate of drug-likeness (QED) is 0.650. The number of nitro groups is 1. The average Bonchev–Trinajstić information content (AvgIpc) is 2.26. The first kappa shape index (κ1) is 15.7. The van der Waals surface area contributed by atoms with E-state index in [1.807, 2.05) is 0 Å². The van der Waals surface area contributed by atoms with Crippen LogP contribution >= 0.6 is 0 Å². The van der Waals surface area contributed by atoms with Crippen LogP contribution in [0.3, 0.4) is 0 Å². The van der Waals surface area contributed by atoms with Gasteiger partial charge < -0.3 is 10.4 Å². The Morgan fingerprint density at radius 3 is 2.40 bits per heavy atom. The molecule has 0 bridgehead atoms. The predicted octanol–water partition coefficient (Wildman–Crippen LogP) is 2.12. The summed E-state index contributed by atoms with van der Waals surface area (Å²) in [4.78, 5) is 24.1. The number of carboxylic acid groups (broad SMARTS) is 1. The molecule has 0 aliphatic rings. The largest absolute Gasteiger partial charge is 0.479 e. The van der Waals surface area contributed by atoms with Gasteiger partial charge in [0, 0.05) is 5.56 Å². The minimum Gasteiger partial charge on any atom is -0.479 e. The Morgan fingerprint density at radius 1 is 1.50 bits per heavy atom. The van der Waals surface area contributed by atoms with Crippen LogP contribution in [0.15, 0.2) is 12.3 Å². The molecule has 0 fully saturated rings. The van der Waals surface area contributed by atoms with E-state index in [9.17, 15) is 28.1 Å². The summed E-state index contributed by atoms with van der Waals surface area (Å²) < 4.78 is 38.3. The lowest BCUT2D eigenvalue weighted by molar-refractivity contribution is -0.385. The fourth-order valence-corrected chi connectivity index (χ4v) is 1.31. The van der Waals surface area contributed by atoms with E-state index in [0.29, 0.717) is 6.92 Å². The Balaban J connectivity index is 3.18. The van der Waals surface area contributed by atoms with Crippen LogP contribution in [0.4, 0.5) is 24.7 Å². The molecule has 0 saturated heterocycles. The molecule has 1 heterocycles. The summed E-state index contributed by atoms with van der Waals surface area (Å²) in [6, 6.07) is 0.977. The van der Waals surface area contributed by atoms with Crippen molar-refractivity contribution in [3.8, 4) is 0 Å². The van der Waals surface area contributed by atoms with Crippen LogP contribution in [0.5, 0.6) is 0 Å². The number of rotatable bonds is 4. The summed E-state index contributed by atoms with van der Waals surface area (Å²) >= 11 is 0. The summed E-state index contributed by atoms with van der Waals surface area (Å²) in [5, 5.41) is 21.0. The number of alkyl halides is 3. The Morgan fingerprint density at radius 2 is 2.05 bits per heavy atom. The van der Waals surface area contributed by atoms with E-state index in [0.717, 1.165) is 12.3 Å². The van der Waals surface area contributed by atoms with Crippen LogP contribution in [0.1, 0.15) is 12.5 Å². The van der Waals surface area contributed by atoms with E-state index in [1.54, 1.807) is 5.32 Å². The molecule has 1 atom stereocenters. The third-order valence-corrected chi connectivity index (χ3v) is 2.65. The van der Waals surface area contributed by atoms with Crippen molar-refractivity contribution in [3.05, 3.63) is 27.9 Å². The minimum absolute atomic E-state index is 0.0578. The third kappa shape index (κ3) is 2.78. The molecule has 7 nitrogen and oxygen atoms in total. The number of halogens is 3. The molecule has 0 radical (unpaired) electrons. The van der Waals surface area contributed by atoms with E-state index in [-0.39, 0.29) is 11.3 Å². The van der Waals surface area contributed by atoms with E-state index in [2.05, 4.69) is 4.98 Å². The molecule has 1 rings (SSSR count). The van der Waals surface area contributed by atoms with Crippen molar-refractivity contribution in [1.29, 1.82) is 0 Å². The van der Waals surface area contributed by atoms with Crippen molar-refractivity contribution >= 4 is 17.5 Å². The van der Waals surface area contributed by atoms with Crippen LogP contribution in [0.25, 0.3) is 0 Å². The number of aliphatic carboxylic acids is 1. The van der Waals surface area contributed by atoms with Gasteiger partial charge in [0.25, 0.3) is 5.69 Å². The summed E-state index contributed by atoms with van der Waals surface area (Å²) in [5.74, 6) is -2.56. The summed E-state index contributed by atoms with van der Waals surface area (Å²) in [6.45, 7) is 1.74. The molecule has 10 heteroatoms. The topological polar surface area (TPSA) is 105 Å². The zero-order valence-electron chi connectivity index (χ0n) is 10.4. The highest BCUT2D eigenvalue weighted by Gasteiger charge is 2.57. The molecule has 2 N–H and O–H groups in total. The van der Waals surface area contributed by atoms with Crippen molar-refractivity contribution < 1.29 is 28.0 Å². The fraction of sp³-hybridized carbons (Fsp3) is 0.400. The first-order valence-electron chi connectivity index (χ1n) is 5.18. The number of hydrogen-bond donors (Lipinski definition) is 2. The Kier molecular flexibility index (Phi) is 3.87. The molecule has 0 aliphatic carbocycles. The lowest BCUT2D eigenvalue weighted by atomic mass is 10.0. The summed E-state index contributed by atoms with van der Waals surface area (Å²) in [7, 11) is 0. The van der Waals surface area contributed by atoms with E-state index in [4.69, 9.17) is 5.11 Å². The lowest BCUT2D eigenvalue weighted by Gasteiger charge is -2.29. The maximum atomic E-state index is 12.8. The fourth-order valence-electron chi connectivity index (χ4n) is 1.31. The number of carbonyl (C=O) groups is 1. The molecule has 1 aromatic rings. The highest BCUT2D eigenvalue weighted by molar-refractivity contribution is 5.83. The molecular weight excluding hydrogens is 283 g/mol. The van der Waals surface area contributed by atoms with Crippen molar-refractivity contribution in [3.63, 3.8) is 0 Å². The molecule has 0 saturated carbocycles. The van der Waals surface area contributed by atoms with Crippen molar-refractivity contribution in [2.75, 3.05) is 5.32 Å². The lowest BCUT2D eigenvalue weighted by Crippen LogP contribution is -2.55. The normalized spacial score (nSPS) is 14.4. The maximum absolute atomic E-state index is 12.8. The Hall–Kier alpha value is -2.39. The van der Waals surface area contributed by atoms with Crippen LogP contribution in [-0.4, -0.2) is 32.7 Å². The van der Waals surface area contributed by atoms with E-state index < -0.39 is 28.4 Å². The van der Waals surface area contributed by atoms with Crippen LogP contribution in [0.2, 0.25) is 0 Å². The molecule has 0 aromatic carbocycles. The highest BCUT2D eigenvalue weighted by Crippen LogP contribution is 2.33. The number of pyridine rings is 1. The zero-order valence-corrected chi connectivity index (χ0v) is 10.4. The zero-order chi connectivity index (χ0) is 15.7.